The van der Waals surface area contributed by atoms with E-state index in [0.29, 0.717) is 12.5 Å². The average Bonchev–Trinajstić information content (AvgIpc) is 2.31. The van der Waals surface area contributed by atoms with Gasteiger partial charge >= 0.3 is 0 Å². The predicted octanol–water partition coefficient (Wildman–Crippen LogP) is 2.67. The molecule has 2 N–H and O–H groups in total. The fourth-order valence-electron chi connectivity index (χ4n) is 2.17. The number of nitrogens with two attached hydrogens (primary N) is 1. The van der Waals surface area contributed by atoms with E-state index in [1.165, 1.54) is 12.1 Å². The molecule has 0 spiro atoms. The van der Waals surface area contributed by atoms with Crippen LogP contribution in [-0.2, 0) is 6.42 Å². The van der Waals surface area contributed by atoms with Gasteiger partial charge in [0.1, 0.15) is 5.82 Å². The molecule has 2 nitrogen and oxygen atoms in total. The van der Waals surface area contributed by atoms with Crippen molar-refractivity contribution in [2.75, 3.05) is 20.1 Å². The molecule has 1 aromatic carbocycles. The molecular weight excluding hydrogens is 227 g/mol. The largest absolute Gasteiger partial charge is 0.329 e. The van der Waals surface area contributed by atoms with Gasteiger partial charge in [-0.1, -0.05) is 26.0 Å². The van der Waals surface area contributed by atoms with Crippen molar-refractivity contribution in [1.82, 2.24) is 4.90 Å². The van der Waals surface area contributed by atoms with Crippen LogP contribution in [0.1, 0.15) is 26.3 Å². The summed E-state index contributed by atoms with van der Waals surface area (Å²) in [5.74, 6) is 0.415. The molecule has 0 bridgehead atoms. The first-order valence-corrected chi connectivity index (χ1v) is 6.53. The second-order valence-corrected chi connectivity index (χ2v) is 5.78. The number of benzene rings is 1. The maximum absolute atomic E-state index is 12.9. The summed E-state index contributed by atoms with van der Waals surface area (Å²) in [6.45, 7) is 8.16. The Morgan fingerprint density at radius 3 is 2.28 bits per heavy atom. The fourth-order valence-corrected chi connectivity index (χ4v) is 2.17. The second-order valence-electron chi connectivity index (χ2n) is 5.78. The molecule has 1 unspecified atom stereocenters. The number of rotatable bonds is 6. The monoisotopic (exact) mass is 252 g/mol. The van der Waals surface area contributed by atoms with Crippen LogP contribution in [0.5, 0.6) is 0 Å². The van der Waals surface area contributed by atoms with Crippen LogP contribution in [0.25, 0.3) is 0 Å². The summed E-state index contributed by atoms with van der Waals surface area (Å²) in [6.07, 6.45) is 0.840. The lowest BCUT2D eigenvalue weighted by Crippen LogP contribution is -2.52. The van der Waals surface area contributed by atoms with Crippen LogP contribution in [0, 0.1) is 11.7 Å². The Balaban J connectivity index is 2.78. The van der Waals surface area contributed by atoms with Crippen LogP contribution in [0.3, 0.4) is 0 Å². The maximum Gasteiger partial charge on any atom is 0.123 e. The minimum Gasteiger partial charge on any atom is -0.329 e. The molecule has 0 fully saturated rings. The highest BCUT2D eigenvalue weighted by Gasteiger charge is 2.28. The second kappa shape index (κ2) is 6.30. The van der Waals surface area contributed by atoms with E-state index in [2.05, 4.69) is 32.7 Å². The summed E-state index contributed by atoms with van der Waals surface area (Å²) in [6, 6.07) is 6.70. The molecule has 0 amide bonds. The molecule has 0 radical (unpaired) electrons. The zero-order valence-corrected chi connectivity index (χ0v) is 11.9. The molecule has 102 valence electrons. The van der Waals surface area contributed by atoms with Crippen LogP contribution in [0.2, 0.25) is 0 Å². The molecule has 1 rings (SSSR count). The average molecular weight is 252 g/mol. The number of nitrogens with zero attached hydrogens (tertiary/aromatic N) is 1. The van der Waals surface area contributed by atoms with Crippen molar-refractivity contribution in [2.45, 2.75) is 32.7 Å². The summed E-state index contributed by atoms with van der Waals surface area (Å²) in [7, 11) is 2.11. The topological polar surface area (TPSA) is 29.3 Å². The molecule has 0 aromatic heterocycles. The van der Waals surface area contributed by atoms with Crippen LogP contribution in [0.15, 0.2) is 24.3 Å². The molecule has 1 atom stereocenters. The molecule has 0 aliphatic heterocycles. The molecule has 18 heavy (non-hydrogen) atoms. The van der Waals surface area contributed by atoms with Gasteiger partial charge in [0.2, 0.25) is 0 Å². The van der Waals surface area contributed by atoms with E-state index in [1.54, 1.807) is 0 Å². The SMILES string of the molecule is CC(C)CN(C)C(C)(CN)Cc1ccc(F)cc1. The van der Waals surface area contributed by atoms with Gasteiger partial charge in [-0.3, -0.25) is 4.90 Å². The van der Waals surface area contributed by atoms with Crippen molar-refractivity contribution in [3.05, 3.63) is 35.6 Å². The third-order valence-corrected chi connectivity index (χ3v) is 3.50. The van der Waals surface area contributed by atoms with Crippen molar-refractivity contribution in [3.63, 3.8) is 0 Å². The lowest BCUT2D eigenvalue weighted by atomic mass is 9.90. The van der Waals surface area contributed by atoms with Crippen LogP contribution in [-0.4, -0.2) is 30.6 Å². The highest BCUT2D eigenvalue weighted by Crippen LogP contribution is 2.20. The van der Waals surface area contributed by atoms with Gasteiger partial charge in [0.05, 0.1) is 0 Å². The standard InChI is InChI=1S/C15H25FN2/c1-12(2)10-18(4)15(3,11-17)9-13-5-7-14(16)8-6-13/h5-8,12H,9-11,17H2,1-4H3. The third kappa shape index (κ3) is 4.07. The van der Waals surface area contributed by atoms with Crippen LogP contribution < -0.4 is 5.73 Å². The molecule has 0 heterocycles. The summed E-state index contributed by atoms with van der Waals surface area (Å²) in [5, 5.41) is 0. The number of likely N-dealkylation sites (N-methyl/N-ethyl adjacent to an activating group) is 1. The van der Waals surface area contributed by atoms with Crippen molar-refractivity contribution in [2.24, 2.45) is 11.7 Å². The molecule has 0 aliphatic carbocycles. The van der Waals surface area contributed by atoms with Crippen molar-refractivity contribution < 1.29 is 4.39 Å². The maximum atomic E-state index is 12.9. The molecular formula is C15H25FN2. The smallest absolute Gasteiger partial charge is 0.123 e. The van der Waals surface area contributed by atoms with E-state index in [-0.39, 0.29) is 11.4 Å². The predicted molar refractivity (Wildman–Crippen MR) is 75.0 cm³/mol. The minimum atomic E-state index is -0.191. The molecule has 3 heteroatoms. The van der Waals surface area contributed by atoms with Crippen LogP contribution >= 0.6 is 0 Å². The summed E-state index contributed by atoms with van der Waals surface area (Å²) in [5.41, 5.74) is 6.99. The van der Waals surface area contributed by atoms with Gasteiger partial charge in [0.15, 0.2) is 0 Å². The Kier molecular flexibility index (Phi) is 5.29. The molecule has 1 aromatic rings. The summed E-state index contributed by atoms with van der Waals surface area (Å²) >= 11 is 0. The lowest BCUT2D eigenvalue weighted by Gasteiger charge is -2.39. The van der Waals surface area contributed by atoms with E-state index in [9.17, 15) is 4.39 Å². The van der Waals surface area contributed by atoms with Gasteiger partial charge in [-0.15, -0.1) is 0 Å². The van der Waals surface area contributed by atoms with Gasteiger partial charge in [-0.2, -0.15) is 0 Å². The van der Waals surface area contributed by atoms with Crippen LogP contribution in [0.4, 0.5) is 4.39 Å². The first-order chi connectivity index (χ1) is 8.37. The van der Waals surface area contributed by atoms with Crippen molar-refractivity contribution in [1.29, 1.82) is 0 Å². The first-order valence-electron chi connectivity index (χ1n) is 6.53. The number of halogens is 1. The highest BCUT2D eigenvalue weighted by atomic mass is 19.1. The number of hydrogen-bond donors (Lipinski definition) is 1. The molecule has 0 saturated carbocycles. The van der Waals surface area contributed by atoms with Gasteiger partial charge < -0.3 is 5.73 Å². The lowest BCUT2D eigenvalue weighted by molar-refractivity contribution is 0.128. The van der Waals surface area contributed by atoms with Gasteiger partial charge in [0, 0.05) is 18.6 Å². The zero-order chi connectivity index (χ0) is 13.8. The minimum absolute atomic E-state index is 0.0813. The zero-order valence-electron chi connectivity index (χ0n) is 11.9. The van der Waals surface area contributed by atoms with Crippen molar-refractivity contribution >= 4 is 0 Å². The molecule has 0 saturated heterocycles. The first kappa shape index (κ1) is 15.1. The van der Waals surface area contributed by atoms with Gasteiger partial charge in [-0.05, 0) is 44.0 Å². The number of hydrogen-bond acceptors (Lipinski definition) is 2. The summed E-state index contributed by atoms with van der Waals surface area (Å²) in [4.78, 5) is 2.31. The molecule has 0 aliphatic rings. The van der Waals surface area contributed by atoms with Crippen molar-refractivity contribution in [3.8, 4) is 0 Å². The van der Waals surface area contributed by atoms with E-state index >= 15 is 0 Å². The van der Waals surface area contributed by atoms with Gasteiger partial charge in [-0.25, -0.2) is 4.39 Å². The highest BCUT2D eigenvalue weighted by molar-refractivity contribution is 5.19. The third-order valence-electron chi connectivity index (χ3n) is 3.50. The van der Waals surface area contributed by atoms with E-state index < -0.39 is 0 Å². The van der Waals surface area contributed by atoms with E-state index in [0.717, 1.165) is 18.5 Å². The van der Waals surface area contributed by atoms with E-state index in [4.69, 9.17) is 5.73 Å². The summed E-state index contributed by atoms with van der Waals surface area (Å²) < 4.78 is 12.9. The Morgan fingerprint density at radius 1 is 1.28 bits per heavy atom. The Bertz CT molecular complexity index is 361. The Labute approximate surface area is 110 Å². The normalized spacial score (nSPS) is 15.1. The quantitative estimate of drug-likeness (QED) is 0.843. The van der Waals surface area contributed by atoms with Gasteiger partial charge in [0.25, 0.3) is 0 Å². The van der Waals surface area contributed by atoms with E-state index in [1.807, 2.05) is 12.1 Å². The Hall–Kier alpha value is -0.930. The fraction of sp³-hybridized carbons (Fsp3) is 0.600. The Morgan fingerprint density at radius 2 is 1.83 bits per heavy atom.